The molecule has 0 aliphatic heterocycles. The zero-order chi connectivity index (χ0) is 37.8. The lowest BCUT2D eigenvalue weighted by molar-refractivity contribution is -0.137. The van der Waals surface area contributed by atoms with Crippen LogP contribution in [0.5, 0.6) is 0 Å². The molecule has 0 unspecified atom stereocenters. The minimum atomic E-state index is -1.59. The third-order valence-electron chi connectivity index (χ3n) is 7.45. The summed E-state index contributed by atoms with van der Waals surface area (Å²) in [5.74, 6) is -6.34. The Balaban J connectivity index is 6.11. The Labute approximate surface area is 286 Å². The molecule has 8 atom stereocenters. The molecule has 0 heterocycles. The monoisotopic (exact) mass is 702 g/mol. The highest BCUT2D eigenvalue weighted by atomic mass is 16.3. The molecule has 0 bridgehead atoms. The van der Waals surface area contributed by atoms with Gasteiger partial charge in [0.25, 0.3) is 0 Å². The van der Waals surface area contributed by atoms with Crippen molar-refractivity contribution in [1.82, 2.24) is 26.6 Å². The van der Waals surface area contributed by atoms with Gasteiger partial charge in [0, 0.05) is 0 Å². The third-order valence-corrected chi connectivity index (χ3v) is 7.45. The molecule has 17 N–H and O–H groups in total. The molecule has 0 aromatic heterocycles. The molecule has 0 saturated heterocycles. The first kappa shape index (κ1) is 45.1. The second kappa shape index (κ2) is 23.4. The van der Waals surface area contributed by atoms with Crippen LogP contribution in [0, 0.1) is 5.92 Å². The van der Waals surface area contributed by atoms with Crippen LogP contribution in [0.25, 0.3) is 0 Å². The zero-order valence-electron chi connectivity index (χ0n) is 28.9. The van der Waals surface area contributed by atoms with E-state index in [9.17, 15) is 43.8 Å². The number of hydrogen-bond acceptors (Lipinski definition) is 12. The summed E-state index contributed by atoms with van der Waals surface area (Å²) in [6, 6.07) is -8.14. The smallest absolute Gasteiger partial charge is 0.245 e. The van der Waals surface area contributed by atoms with Gasteiger partial charge in [0.05, 0.1) is 18.6 Å². The van der Waals surface area contributed by atoms with Gasteiger partial charge in [0.1, 0.15) is 36.3 Å². The molecule has 7 amide bonds. The summed E-state index contributed by atoms with van der Waals surface area (Å²) < 4.78 is 0. The first-order valence-corrected chi connectivity index (χ1v) is 16.5. The van der Waals surface area contributed by atoms with Crippen LogP contribution in [-0.2, 0) is 33.6 Å². The predicted octanol–water partition coefficient (Wildman–Crippen LogP) is -4.84. The summed E-state index contributed by atoms with van der Waals surface area (Å²) in [5, 5.41) is 31.9. The van der Waals surface area contributed by atoms with Gasteiger partial charge in [0.2, 0.25) is 41.4 Å². The van der Waals surface area contributed by atoms with Gasteiger partial charge in [-0.05, 0) is 77.8 Å². The fraction of sp³-hybridized carbons (Fsp3) is 0.767. The van der Waals surface area contributed by atoms with Crippen LogP contribution in [0.15, 0.2) is 0 Å². The fourth-order valence-electron chi connectivity index (χ4n) is 4.61. The van der Waals surface area contributed by atoms with Gasteiger partial charge >= 0.3 is 0 Å². The lowest BCUT2D eigenvalue weighted by Crippen LogP contribution is -2.61. The Morgan fingerprint density at radius 1 is 0.571 bits per heavy atom. The maximum atomic E-state index is 13.5. The maximum absolute atomic E-state index is 13.5. The van der Waals surface area contributed by atoms with Crippen molar-refractivity contribution in [3.63, 3.8) is 0 Å². The average Bonchev–Trinajstić information content (AvgIpc) is 3.00. The minimum Gasteiger partial charge on any atom is -0.391 e. The van der Waals surface area contributed by atoms with Crippen LogP contribution in [0.2, 0.25) is 0 Å². The molecule has 0 spiro atoms. The van der Waals surface area contributed by atoms with Crippen molar-refractivity contribution in [2.45, 2.75) is 128 Å². The molecular formula is C30H58N10O9. The SMILES string of the molecule is CC(C)C[C@H](NC(=O)[C@H](CC(N)=O)NC(=O)[C@H](CCCCN)NC(=O)[C@@H](NC(=O)[C@@H](N)[C@@H](C)O)[C@@H](C)O)C(=O)N[C@@H](CCCCN)C(N)=O. The number of rotatable bonds is 25. The molecule has 0 fully saturated rings. The number of aliphatic hydroxyl groups is 2. The molecule has 19 heteroatoms. The Morgan fingerprint density at radius 2 is 1.02 bits per heavy atom. The molecule has 0 aromatic carbocycles. The second-order valence-corrected chi connectivity index (χ2v) is 12.5. The van der Waals surface area contributed by atoms with Crippen molar-refractivity contribution < 1.29 is 43.8 Å². The van der Waals surface area contributed by atoms with E-state index in [1.165, 1.54) is 13.8 Å². The number of primary amides is 2. The van der Waals surface area contributed by atoms with E-state index in [1.54, 1.807) is 13.8 Å². The van der Waals surface area contributed by atoms with Crippen molar-refractivity contribution in [2.24, 2.45) is 34.6 Å². The van der Waals surface area contributed by atoms with Crippen molar-refractivity contribution in [2.75, 3.05) is 13.1 Å². The van der Waals surface area contributed by atoms with Gasteiger partial charge < -0.3 is 65.5 Å². The molecule has 0 aromatic rings. The number of nitrogens with one attached hydrogen (secondary N) is 5. The molecular weight excluding hydrogens is 644 g/mol. The lowest BCUT2D eigenvalue weighted by atomic mass is 10.0. The van der Waals surface area contributed by atoms with Gasteiger partial charge in [0.15, 0.2) is 0 Å². The Hall–Kier alpha value is -3.91. The van der Waals surface area contributed by atoms with Crippen molar-refractivity contribution in [3.8, 4) is 0 Å². The second-order valence-electron chi connectivity index (χ2n) is 12.5. The molecule has 0 aliphatic rings. The normalized spacial score (nSPS) is 16.1. The molecule has 0 aliphatic carbocycles. The summed E-state index contributed by atoms with van der Waals surface area (Å²) in [5.41, 5.74) is 27.5. The molecule has 49 heavy (non-hydrogen) atoms. The van der Waals surface area contributed by atoms with Crippen LogP contribution in [0.3, 0.4) is 0 Å². The van der Waals surface area contributed by atoms with Gasteiger partial charge in [-0.25, -0.2) is 0 Å². The Kier molecular flexibility index (Phi) is 21.6. The third kappa shape index (κ3) is 17.9. The highest BCUT2D eigenvalue weighted by Gasteiger charge is 2.34. The number of amides is 7. The van der Waals surface area contributed by atoms with Crippen molar-refractivity contribution in [1.29, 1.82) is 0 Å². The summed E-state index contributed by atoms with van der Waals surface area (Å²) in [7, 11) is 0. The lowest BCUT2D eigenvalue weighted by Gasteiger charge is -2.28. The van der Waals surface area contributed by atoms with Crippen LogP contribution in [0.1, 0.15) is 79.1 Å². The average molecular weight is 703 g/mol. The maximum Gasteiger partial charge on any atom is 0.245 e. The number of aliphatic hydroxyl groups excluding tert-OH is 2. The highest BCUT2D eigenvalue weighted by Crippen LogP contribution is 2.09. The largest absolute Gasteiger partial charge is 0.391 e. The number of unbranched alkanes of at least 4 members (excludes halogenated alkanes) is 2. The van der Waals surface area contributed by atoms with E-state index < -0.39 is 96.2 Å². The number of carbonyl (C=O) groups excluding carboxylic acids is 7. The van der Waals surface area contributed by atoms with Crippen LogP contribution in [-0.4, -0.2) is 113 Å². The van der Waals surface area contributed by atoms with E-state index in [4.69, 9.17) is 28.7 Å². The Bertz CT molecular complexity index is 1110. The van der Waals surface area contributed by atoms with Crippen molar-refractivity contribution in [3.05, 3.63) is 0 Å². The zero-order valence-corrected chi connectivity index (χ0v) is 28.9. The van der Waals surface area contributed by atoms with Crippen LogP contribution >= 0.6 is 0 Å². The summed E-state index contributed by atoms with van der Waals surface area (Å²) in [6.07, 6.45) is -1.15. The topological polar surface area (TPSA) is 350 Å². The minimum absolute atomic E-state index is 0.00436. The number of carbonyl (C=O) groups is 7. The molecule has 0 saturated carbocycles. The highest BCUT2D eigenvalue weighted by molar-refractivity contribution is 5.98. The molecule has 282 valence electrons. The van der Waals surface area contributed by atoms with E-state index in [-0.39, 0.29) is 31.7 Å². The van der Waals surface area contributed by atoms with E-state index in [2.05, 4.69) is 26.6 Å². The van der Waals surface area contributed by atoms with E-state index >= 15 is 0 Å². The predicted molar refractivity (Wildman–Crippen MR) is 179 cm³/mol. The van der Waals surface area contributed by atoms with Gasteiger partial charge in [-0.3, -0.25) is 33.6 Å². The van der Waals surface area contributed by atoms with E-state index in [1.807, 2.05) is 0 Å². The van der Waals surface area contributed by atoms with E-state index in [0.29, 0.717) is 32.2 Å². The van der Waals surface area contributed by atoms with Gasteiger partial charge in [-0.2, -0.15) is 0 Å². The van der Waals surface area contributed by atoms with Crippen LogP contribution in [0.4, 0.5) is 0 Å². The van der Waals surface area contributed by atoms with Gasteiger partial charge in [-0.1, -0.05) is 13.8 Å². The van der Waals surface area contributed by atoms with E-state index in [0.717, 1.165) is 0 Å². The summed E-state index contributed by atoms with van der Waals surface area (Å²) in [4.78, 5) is 89.6. The standard InChI is InChI=1S/C30H58N10O9/c1-15(2)13-20(27(46)36-18(25(35)44)9-5-7-11-31)38-28(47)21(14-22(33)43)39-26(45)19(10-6-8-12-32)37-30(49)24(17(4)42)40-29(48)23(34)16(3)41/h15-21,23-24,41-42H,5-14,31-32,34H2,1-4H3,(H2,33,43)(H2,35,44)(H,36,46)(H,37,49)(H,38,47)(H,39,45)(H,40,48)/t16-,17-,18+,19+,20+,21+,23+,24+/m1/s1. The molecule has 19 nitrogen and oxygen atoms in total. The number of nitrogens with two attached hydrogens (primary N) is 5. The first-order valence-electron chi connectivity index (χ1n) is 16.5. The Morgan fingerprint density at radius 3 is 1.47 bits per heavy atom. The fourth-order valence-corrected chi connectivity index (χ4v) is 4.61. The summed E-state index contributed by atoms with van der Waals surface area (Å²) >= 11 is 0. The molecule has 0 rings (SSSR count). The molecule has 0 radical (unpaired) electrons. The quantitative estimate of drug-likeness (QED) is 0.0399. The first-order chi connectivity index (χ1) is 22.9. The summed E-state index contributed by atoms with van der Waals surface area (Å²) in [6.45, 7) is 6.70. The van der Waals surface area contributed by atoms with Gasteiger partial charge in [-0.15, -0.1) is 0 Å². The van der Waals surface area contributed by atoms with Crippen molar-refractivity contribution >= 4 is 41.4 Å². The number of hydrogen-bond donors (Lipinski definition) is 12. The van der Waals surface area contributed by atoms with Crippen LogP contribution < -0.4 is 55.3 Å².